The third-order valence-corrected chi connectivity index (χ3v) is 3.49. The van der Waals surface area contributed by atoms with Crippen molar-refractivity contribution >= 4 is 23.2 Å². The van der Waals surface area contributed by atoms with Crippen LogP contribution < -0.4 is 20.7 Å². The molecule has 0 aliphatic heterocycles. The van der Waals surface area contributed by atoms with Crippen LogP contribution in [0.3, 0.4) is 0 Å². The zero-order chi connectivity index (χ0) is 18.1. The summed E-state index contributed by atoms with van der Waals surface area (Å²) in [5.74, 6) is 0.438. The van der Waals surface area contributed by atoms with Crippen LogP contribution >= 0.6 is 0 Å². The second-order valence-corrected chi connectivity index (χ2v) is 5.47. The molecule has 2 rings (SSSR count). The number of benzene rings is 2. The number of hydrogen-bond donors (Lipinski definition) is 3. The highest BCUT2D eigenvalue weighted by Crippen LogP contribution is 2.16. The standard InChI is InChI=1S/C19H23N3O3/c1-3-11-20-19(24)14-7-9-15(10-8-14)22-18(23)13-21-16-5-4-6-17(12-16)25-2/h4-10,12,21H,3,11,13H2,1-2H3,(H,20,24)(H,22,23). The minimum atomic E-state index is -0.175. The van der Waals surface area contributed by atoms with Gasteiger partial charge in [0.05, 0.1) is 13.7 Å². The number of carbonyl (C=O) groups is 2. The van der Waals surface area contributed by atoms with Crippen LogP contribution in [-0.2, 0) is 4.79 Å². The molecule has 0 spiro atoms. The first kappa shape index (κ1) is 18.3. The van der Waals surface area contributed by atoms with E-state index < -0.39 is 0 Å². The number of amides is 2. The van der Waals surface area contributed by atoms with Crippen LogP contribution in [-0.4, -0.2) is 32.0 Å². The van der Waals surface area contributed by atoms with Crippen molar-refractivity contribution in [2.24, 2.45) is 0 Å². The lowest BCUT2D eigenvalue weighted by atomic mass is 10.2. The molecule has 0 heterocycles. The molecule has 0 atom stereocenters. The molecule has 25 heavy (non-hydrogen) atoms. The average Bonchev–Trinajstić information content (AvgIpc) is 2.65. The molecule has 0 aliphatic carbocycles. The van der Waals surface area contributed by atoms with Gasteiger partial charge in [0.15, 0.2) is 0 Å². The molecule has 0 bridgehead atoms. The molecule has 6 heteroatoms. The van der Waals surface area contributed by atoms with Gasteiger partial charge in [0.1, 0.15) is 5.75 Å². The lowest BCUT2D eigenvalue weighted by Crippen LogP contribution is -2.24. The van der Waals surface area contributed by atoms with E-state index in [1.54, 1.807) is 31.4 Å². The van der Waals surface area contributed by atoms with E-state index in [4.69, 9.17) is 4.74 Å². The monoisotopic (exact) mass is 341 g/mol. The molecule has 0 saturated heterocycles. The van der Waals surface area contributed by atoms with Crippen LogP contribution in [0.15, 0.2) is 48.5 Å². The van der Waals surface area contributed by atoms with Crippen LogP contribution in [0.1, 0.15) is 23.7 Å². The van der Waals surface area contributed by atoms with Crippen LogP contribution in [0.4, 0.5) is 11.4 Å². The molecule has 2 amide bonds. The lowest BCUT2D eigenvalue weighted by molar-refractivity contribution is -0.114. The van der Waals surface area contributed by atoms with Gasteiger partial charge in [-0.25, -0.2) is 0 Å². The van der Waals surface area contributed by atoms with Crippen molar-refractivity contribution in [3.63, 3.8) is 0 Å². The Morgan fingerprint density at radius 3 is 2.48 bits per heavy atom. The minimum absolute atomic E-state index is 0.112. The SMILES string of the molecule is CCCNC(=O)c1ccc(NC(=O)CNc2cccc(OC)c2)cc1. The molecule has 2 aromatic rings. The highest BCUT2D eigenvalue weighted by molar-refractivity contribution is 5.96. The normalized spacial score (nSPS) is 10.0. The van der Waals surface area contributed by atoms with E-state index in [9.17, 15) is 9.59 Å². The fraction of sp³-hybridized carbons (Fsp3) is 0.263. The summed E-state index contributed by atoms with van der Waals surface area (Å²) in [5.41, 5.74) is 2.02. The molecule has 132 valence electrons. The van der Waals surface area contributed by atoms with Gasteiger partial charge in [-0.05, 0) is 42.8 Å². The third-order valence-electron chi connectivity index (χ3n) is 3.49. The predicted molar refractivity (Wildman–Crippen MR) is 99.2 cm³/mol. The molecule has 0 unspecified atom stereocenters. The van der Waals surface area contributed by atoms with E-state index in [1.807, 2.05) is 31.2 Å². The van der Waals surface area contributed by atoms with E-state index >= 15 is 0 Å². The summed E-state index contributed by atoms with van der Waals surface area (Å²) in [5, 5.41) is 8.63. The fourth-order valence-electron chi connectivity index (χ4n) is 2.17. The van der Waals surface area contributed by atoms with E-state index in [-0.39, 0.29) is 18.4 Å². The number of anilines is 2. The van der Waals surface area contributed by atoms with Crippen molar-refractivity contribution in [3.05, 3.63) is 54.1 Å². The van der Waals surface area contributed by atoms with Gasteiger partial charge in [-0.1, -0.05) is 13.0 Å². The first-order valence-corrected chi connectivity index (χ1v) is 8.18. The summed E-state index contributed by atoms with van der Waals surface area (Å²) in [6.45, 7) is 2.78. The van der Waals surface area contributed by atoms with Gasteiger partial charge >= 0.3 is 0 Å². The number of hydrogen-bond acceptors (Lipinski definition) is 4. The Kier molecular flexibility index (Phi) is 6.83. The average molecular weight is 341 g/mol. The van der Waals surface area contributed by atoms with Crippen molar-refractivity contribution in [2.75, 3.05) is 30.8 Å². The maximum absolute atomic E-state index is 12.0. The maximum atomic E-state index is 12.0. The first-order chi connectivity index (χ1) is 12.1. The number of ether oxygens (including phenoxy) is 1. The lowest BCUT2D eigenvalue weighted by Gasteiger charge is -2.09. The molecule has 0 fully saturated rings. The van der Waals surface area contributed by atoms with E-state index in [0.29, 0.717) is 17.8 Å². The summed E-state index contributed by atoms with van der Waals surface area (Å²) in [6, 6.07) is 14.2. The summed E-state index contributed by atoms with van der Waals surface area (Å²) in [4.78, 5) is 23.8. The van der Waals surface area contributed by atoms with Gasteiger partial charge in [-0.2, -0.15) is 0 Å². The zero-order valence-electron chi connectivity index (χ0n) is 14.5. The first-order valence-electron chi connectivity index (χ1n) is 8.18. The van der Waals surface area contributed by atoms with E-state index in [2.05, 4.69) is 16.0 Å². The van der Waals surface area contributed by atoms with E-state index in [1.165, 1.54) is 0 Å². The van der Waals surface area contributed by atoms with Crippen molar-refractivity contribution in [2.45, 2.75) is 13.3 Å². The van der Waals surface area contributed by atoms with Crippen molar-refractivity contribution in [3.8, 4) is 5.75 Å². The van der Waals surface area contributed by atoms with Crippen molar-refractivity contribution < 1.29 is 14.3 Å². The Morgan fingerprint density at radius 1 is 1.04 bits per heavy atom. The second-order valence-electron chi connectivity index (χ2n) is 5.47. The second kappa shape index (κ2) is 9.32. The number of methoxy groups -OCH3 is 1. The summed E-state index contributed by atoms with van der Waals surface area (Å²) in [7, 11) is 1.60. The minimum Gasteiger partial charge on any atom is -0.497 e. The smallest absolute Gasteiger partial charge is 0.251 e. The molecule has 6 nitrogen and oxygen atoms in total. The molecule has 0 aliphatic rings. The topological polar surface area (TPSA) is 79.5 Å². The highest BCUT2D eigenvalue weighted by atomic mass is 16.5. The molecule has 0 saturated carbocycles. The Hall–Kier alpha value is -3.02. The fourth-order valence-corrected chi connectivity index (χ4v) is 2.17. The van der Waals surface area contributed by atoms with E-state index in [0.717, 1.165) is 17.9 Å². The molecule has 3 N–H and O–H groups in total. The molecule has 0 radical (unpaired) electrons. The quantitative estimate of drug-likeness (QED) is 0.690. The molecule has 0 aromatic heterocycles. The Morgan fingerprint density at radius 2 is 1.80 bits per heavy atom. The molecular formula is C19H23N3O3. The van der Waals surface area contributed by atoms with Crippen molar-refractivity contribution in [1.29, 1.82) is 0 Å². The van der Waals surface area contributed by atoms with Crippen LogP contribution in [0.25, 0.3) is 0 Å². The van der Waals surface area contributed by atoms with Gasteiger partial charge in [0.25, 0.3) is 5.91 Å². The summed E-state index contributed by atoms with van der Waals surface area (Å²) < 4.78 is 5.14. The maximum Gasteiger partial charge on any atom is 0.251 e. The highest BCUT2D eigenvalue weighted by Gasteiger charge is 2.06. The number of carbonyl (C=O) groups excluding carboxylic acids is 2. The van der Waals surface area contributed by atoms with Gasteiger partial charge in [-0.15, -0.1) is 0 Å². The molecular weight excluding hydrogens is 318 g/mol. The van der Waals surface area contributed by atoms with Crippen LogP contribution in [0.5, 0.6) is 5.75 Å². The van der Waals surface area contributed by atoms with Crippen molar-refractivity contribution in [1.82, 2.24) is 5.32 Å². The van der Waals surface area contributed by atoms with Gasteiger partial charge in [0.2, 0.25) is 5.91 Å². The molecule has 2 aromatic carbocycles. The van der Waals surface area contributed by atoms with Crippen LogP contribution in [0.2, 0.25) is 0 Å². The summed E-state index contributed by atoms with van der Waals surface area (Å²) in [6.07, 6.45) is 0.889. The third kappa shape index (κ3) is 5.84. The largest absolute Gasteiger partial charge is 0.497 e. The summed E-state index contributed by atoms with van der Waals surface area (Å²) >= 11 is 0. The van der Waals surface area contributed by atoms with Gasteiger partial charge < -0.3 is 20.7 Å². The Labute approximate surface area is 147 Å². The predicted octanol–water partition coefficient (Wildman–Crippen LogP) is 2.89. The Balaban J connectivity index is 1.84. The number of nitrogens with one attached hydrogen (secondary N) is 3. The Bertz CT molecular complexity index is 714. The van der Waals surface area contributed by atoms with Crippen LogP contribution in [0, 0.1) is 0 Å². The van der Waals surface area contributed by atoms with Gasteiger partial charge in [0, 0.05) is 29.5 Å². The zero-order valence-corrected chi connectivity index (χ0v) is 14.5. The number of rotatable bonds is 8. The van der Waals surface area contributed by atoms with Gasteiger partial charge in [-0.3, -0.25) is 9.59 Å².